The average molecular weight is 416 g/mol. The smallest absolute Gasteiger partial charge is 0.244 e. The van der Waals surface area contributed by atoms with Gasteiger partial charge in [-0.25, -0.2) is 5.48 Å². The first-order valence-corrected chi connectivity index (χ1v) is 9.81. The van der Waals surface area contributed by atoms with E-state index in [-0.39, 0.29) is 31.2 Å². The molecule has 2 atom stereocenters. The number of amides is 3. The van der Waals surface area contributed by atoms with Crippen LogP contribution >= 0.6 is 0 Å². The molecule has 0 bridgehead atoms. The van der Waals surface area contributed by atoms with Crippen molar-refractivity contribution in [2.75, 3.05) is 0 Å². The minimum atomic E-state index is -0.858. The minimum Gasteiger partial charge on any atom is -0.467 e. The lowest BCUT2D eigenvalue weighted by Crippen LogP contribution is -2.50. The molecule has 0 aliphatic carbocycles. The second-order valence-electron chi connectivity index (χ2n) is 7.49. The Kier molecular flexibility index (Phi) is 9.02. The molecule has 3 amide bonds. The Hall–Kier alpha value is -3.20. The van der Waals surface area contributed by atoms with Crippen LogP contribution in [-0.2, 0) is 27.3 Å². The molecule has 2 aromatic heterocycles. The number of pyridine rings is 1. The van der Waals surface area contributed by atoms with E-state index in [0.29, 0.717) is 12.2 Å². The van der Waals surface area contributed by atoms with Crippen LogP contribution in [0.25, 0.3) is 0 Å². The summed E-state index contributed by atoms with van der Waals surface area (Å²) in [6.07, 6.45) is 5.27. The second-order valence-corrected chi connectivity index (χ2v) is 7.49. The fraction of sp³-hybridized carbons (Fsp3) is 0.429. The molecule has 0 saturated heterocycles. The average Bonchev–Trinajstić information content (AvgIpc) is 3.25. The lowest BCUT2D eigenvalue weighted by molar-refractivity contribution is -0.136. The highest BCUT2D eigenvalue weighted by atomic mass is 16.5. The molecule has 2 rings (SSSR count). The fourth-order valence-corrected chi connectivity index (χ4v) is 3.09. The molecule has 162 valence electrons. The zero-order valence-corrected chi connectivity index (χ0v) is 17.1. The van der Waals surface area contributed by atoms with Crippen LogP contribution in [0.5, 0.6) is 0 Å². The van der Waals surface area contributed by atoms with Gasteiger partial charge in [-0.3, -0.25) is 24.6 Å². The molecule has 2 aromatic rings. The van der Waals surface area contributed by atoms with E-state index in [9.17, 15) is 14.4 Å². The maximum absolute atomic E-state index is 12.9. The fourth-order valence-electron chi connectivity index (χ4n) is 3.09. The molecule has 2 heterocycles. The number of nitrogens with one attached hydrogen (secondary N) is 3. The number of carbonyl (C=O) groups is 3. The first-order chi connectivity index (χ1) is 14.4. The van der Waals surface area contributed by atoms with Crippen molar-refractivity contribution in [1.82, 2.24) is 21.1 Å². The zero-order chi connectivity index (χ0) is 21.9. The largest absolute Gasteiger partial charge is 0.467 e. The Morgan fingerprint density at radius 2 is 1.97 bits per heavy atom. The van der Waals surface area contributed by atoms with Crippen LogP contribution in [0, 0.1) is 11.8 Å². The van der Waals surface area contributed by atoms with Crippen LogP contribution in [0.4, 0.5) is 0 Å². The van der Waals surface area contributed by atoms with E-state index < -0.39 is 23.8 Å². The predicted molar refractivity (Wildman–Crippen MR) is 108 cm³/mol. The van der Waals surface area contributed by atoms with E-state index in [0.717, 1.165) is 5.56 Å². The van der Waals surface area contributed by atoms with E-state index in [1.807, 2.05) is 19.9 Å². The summed E-state index contributed by atoms with van der Waals surface area (Å²) in [4.78, 5) is 41.3. The molecule has 0 aromatic carbocycles. The third-order valence-electron chi connectivity index (χ3n) is 4.50. The van der Waals surface area contributed by atoms with Crippen molar-refractivity contribution < 1.29 is 24.0 Å². The molecule has 0 aliphatic rings. The number of carbonyl (C=O) groups excluding carboxylic acids is 3. The van der Waals surface area contributed by atoms with Crippen LogP contribution in [0.1, 0.15) is 38.0 Å². The van der Waals surface area contributed by atoms with Crippen LogP contribution in [0.3, 0.4) is 0 Å². The van der Waals surface area contributed by atoms with Crippen molar-refractivity contribution in [3.05, 3.63) is 54.2 Å². The van der Waals surface area contributed by atoms with E-state index in [2.05, 4.69) is 15.6 Å². The number of rotatable bonds is 11. The lowest BCUT2D eigenvalue weighted by atomic mass is 9.92. The number of nitrogens with zero attached hydrogens (tertiary/aromatic N) is 1. The SMILES string of the molecule is CC(C)C[C@H](CC(=O)NO)C(=O)N[C@@H](Cc1cccnc1)C(=O)NCc1ccco1. The number of aromatic nitrogens is 1. The van der Waals surface area contributed by atoms with Crippen molar-refractivity contribution in [1.29, 1.82) is 0 Å². The van der Waals surface area contributed by atoms with Gasteiger partial charge in [0.25, 0.3) is 0 Å². The van der Waals surface area contributed by atoms with Gasteiger partial charge in [0.1, 0.15) is 11.8 Å². The van der Waals surface area contributed by atoms with Gasteiger partial charge >= 0.3 is 0 Å². The Morgan fingerprint density at radius 1 is 1.17 bits per heavy atom. The highest BCUT2D eigenvalue weighted by Gasteiger charge is 2.28. The van der Waals surface area contributed by atoms with Crippen molar-refractivity contribution in [2.24, 2.45) is 11.8 Å². The van der Waals surface area contributed by atoms with Gasteiger partial charge < -0.3 is 15.1 Å². The molecule has 30 heavy (non-hydrogen) atoms. The van der Waals surface area contributed by atoms with E-state index in [4.69, 9.17) is 9.62 Å². The van der Waals surface area contributed by atoms with Gasteiger partial charge in [-0.2, -0.15) is 0 Å². The van der Waals surface area contributed by atoms with Gasteiger partial charge in [0.15, 0.2) is 0 Å². The summed E-state index contributed by atoms with van der Waals surface area (Å²) >= 11 is 0. The summed E-state index contributed by atoms with van der Waals surface area (Å²) in [7, 11) is 0. The highest BCUT2D eigenvalue weighted by molar-refractivity contribution is 5.90. The van der Waals surface area contributed by atoms with Crippen LogP contribution < -0.4 is 16.1 Å². The van der Waals surface area contributed by atoms with Gasteiger partial charge in [-0.15, -0.1) is 0 Å². The van der Waals surface area contributed by atoms with Gasteiger partial charge in [-0.05, 0) is 36.1 Å². The molecule has 0 spiro atoms. The second kappa shape index (κ2) is 11.7. The van der Waals surface area contributed by atoms with Crippen molar-refractivity contribution in [3.63, 3.8) is 0 Å². The summed E-state index contributed by atoms with van der Waals surface area (Å²) in [6, 6.07) is 6.17. The zero-order valence-electron chi connectivity index (χ0n) is 17.1. The quantitative estimate of drug-likeness (QED) is 0.325. The van der Waals surface area contributed by atoms with E-state index >= 15 is 0 Å². The molecular formula is C21H28N4O5. The molecule has 0 saturated carbocycles. The summed E-state index contributed by atoms with van der Waals surface area (Å²) in [5.41, 5.74) is 2.34. The molecule has 4 N–H and O–H groups in total. The molecule has 0 aliphatic heterocycles. The molecule has 0 fully saturated rings. The van der Waals surface area contributed by atoms with Crippen LogP contribution in [-0.4, -0.2) is 34.0 Å². The topological polar surface area (TPSA) is 134 Å². The molecule has 9 nitrogen and oxygen atoms in total. The van der Waals surface area contributed by atoms with Gasteiger partial charge in [0.2, 0.25) is 17.7 Å². The Balaban J connectivity index is 2.11. The van der Waals surface area contributed by atoms with Gasteiger partial charge in [-0.1, -0.05) is 19.9 Å². The van der Waals surface area contributed by atoms with Gasteiger partial charge in [0, 0.05) is 31.2 Å². The molecule has 9 heteroatoms. The normalized spacial score (nSPS) is 12.8. The molecular weight excluding hydrogens is 388 g/mol. The Labute approximate surface area is 175 Å². The summed E-state index contributed by atoms with van der Waals surface area (Å²) in [6.45, 7) is 4.05. The summed E-state index contributed by atoms with van der Waals surface area (Å²) < 4.78 is 5.22. The molecule has 0 unspecified atom stereocenters. The number of hydrogen-bond donors (Lipinski definition) is 4. The van der Waals surface area contributed by atoms with E-state index in [1.165, 1.54) is 6.26 Å². The van der Waals surface area contributed by atoms with Crippen molar-refractivity contribution >= 4 is 17.7 Å². The van der Waals surface area contributed by atoms with Crippen molar-refractivity contribution in [2.45, 2.75) is 45.7 Å². The third kappa shape index (κ3) is 7.67. The molecule has 0 radical (unpaired) electrons. The summed E-state index contributed by atoms with van der Waals surface area (Å²) in [5.74, 6) is -1.38. The Bertz CT molecular complexity index is 808. The number of hydroxylamine groups is 1. The summed E-state index contributed by atoms with van der Waals surface area (Å²) in [5, 5.41) is 14.3. The van der Waals surface area contributed by atoms with Crippen LogP contribution in [0.15, 0.2) is 47.3 Å². The van der Waals surface area contributed by atoms with Crippen molar-refractivity contribution in [3.8, 4) is 0 Å². The maximum Gasteiger partial charge on any atom is 0.244 e. The third-order valence-corrected chi connectivity index (χ3v) is 4.50. The highest BCUT2D eigenvalue weighted by Crippen LogP contribution is 2.16. The number of hydrogen-bond acceptors (Lipinski definition) is 6. The lowest BCUT2D eigenvalue weighted by Gasteiger charge is -2.23. The predicted octanol–water partition coefficient (Wildman–Crippen LogP) is 1.58. The van der Waals surface area contributed by atoms with Crippen LogP contribution in [0.2, 0.25) is 0 Å². The maximum atomic E-state index is 12.9. The standard InChI is InChI=1S/C21H28N4O5/c1-14(2)9-16(11-19(26)25-29)20(27)24-18(10-15-5-3-7-22-12-15)21(28)23-13-17-6-4-8-30-17/h3-8,12,14,16,18,29H,9-11,13H2,1-2H3,(H,23,28)(H,24,27)(H,25,26)/t16-,18+/m1/s1. The number of furan rings is 1. The monoisotopic (exact) mass is 416 g/mol. The first kappa shape index (κ1) is 23.1. The van der Waals surface area contributed by atoms with Gasteiger partial charge in [0.05, 0.1) is 12.8 Å². The first-order valence-electron chi connectivity index (χ1n) is 9.81. The Morgan fingerprint density at radius 3 is 2.57 bits per heavy atom. The minimum absolute atomic E-state index is 0.150. The van der Waals surface area contributed by atoms with E-state index in [1.54, 1.807) is 36.1 Å².